The first-order valence-corrected chi connectivity index (χ1v) is 8.74. The zero-order valence-electron chi connectivity index (χ0n) is 15.2. The van der Waals surface area contributed by atoms with Gasteiger partial charge in [-0.15, -0.1) is 0 Å². The summed E-state index contributed by atoms with van der Waals surface area (Å²) in [6.45, 7) is 0.107. The Balaban J connectivity index is 1.53. The van der Waals surface area contributed by atoms with Gasteiger partial charge in [0.05, 0.1) is 17.8 Å². The first-order valence-electron chi connectivity index (χ1n) is 8.74. The number of benzene rings is 2. The van der Waals surface area contributed by atoms with Crippen LogP contribution in [-0.2, 0) is 17.6 Å². The van der Waals surface area contributed by atoms with Crippen LogP contribution in [0.5, 0.6) is 5.75 Å². The summed E-state index contributed by atoms with van der Waals surface area (Å²) < 4.78 is 43.9. The van der Waals surface area contributed by atoms with Crippen LogP contribution in [0, 0.1) is 0 Å². The van der Waals surface area contributed by atoms with Crippen LogP contribution in [0.25, 0.3) is 0 Å². The van der Waals surface area contributed by atoms with E-state index in [-0.39, 0.29) is 18.8 Å². The lowest BCUT2D eigenvalue weighted by Gasteiger charge is -2.11. The maximum absolute atomic E-state index is 12.7. The number of ether oxygens (including phenoxy) is 1. The molecule has 8 heteroatoms. The minimum atomic E-state index is -4.43. The number of carbonyl (C=O) groups excluding carboxylic acids is 1. The standard InChI is InChI=1S/C21H18F3N3O2/c22-21(23,24)15-5-3-7-16(11-15)26-13-20(28)27-17-8-4-9-19(12-17)29-14-18-6-1-2-10-25-18/h1-12,26H,13-14H2,(H,27,28). The van der Waals surface area contributed by atoms with Crippen molar-refractivity contribution in [2.75, 3.05) is 17.2 Å². The second-order valence-corrected chi connectivity index (χ2v) is 6.12. The zero-order valence-corrected chi connectivity index (χ0v) is 15.2. The summed E-state index contributed by atoms with van der Waals surface area (Å²) >= 11 is 0. The van der Waals surface area contributed by atoms with E-state index in [0.717, 1.165) is 17.8 Å². The topological polar surface area (TPSA) is 63.2 Å². The van der Waals surface area contributed by atoms with E-state index in [1.54, 1.807) is 30.5 Å². The summed E-state index contributed by atoms with van der Waals surface area (Å²) in [6.07, 6.45) is -2.76. The number of hydrogen-bond donors (Lipinski definition) is 2. The number of nitrogens with zero attached hydrogens (tertiary/aromatic N) is 1. The summed E-state index contributed by atoms with van der Waals surface area (Å²) in [6, 6.07) is 17.0. The Hall–Kier alpha value is -3.55. The molecule has 0 aliphatic heterocycles. The van der Waals surface area contributed by atoms with Gasteiger partial charge in [0.2, 0.25) is 5.91 Å². The highest BCUT2D eigenvalue weighted by Crippen LogP contribution is 2.30. The molecule has 0 spiro atoms. The molecular weight excluding hydrogens is 383 g/mol. The number of carbonyl (C=O) groups is 1. The van der Waals surface area contributed by atoms with E-state index in [4.69, 9.17) is 4.74 Å². The molecule has 0 aliphatic carbocycles. The van der Waals surface area contributed by atoms with Crippen LogP contribution in [0.15, 0.2) is 72.9 Å². The zero-order chi connectivity index (χ0) is 20.7. The van der Waals surface area contributed by atoms with Crippen molar-refractivity contribution >= 4 is 17.3 Å². The summed E-state index contributed by atoms with van der Waals surface area (Å²) in [5, 5.41) is 5.36. The molecular formula is C21H18F3N3O2. The van der Waals surface area contributed by atoms with Crippen LogP contribution in [0.4, 0.5) is 24.5 Å². The van der Waals surface area contributed by atoms with Crippen molar-refractivity contribution in [1.82, 2.24) is 4.98 Å². The Morgan fingerprint density at radius 2 is 1.76 bits per heavy atom. The number of nitrogens with one attached hydrogen (secondary N) is 2. The van der Waals surface area contributed by atoms with E-state index >= 15 is 0 Å². The molecule has 1 amide bonds. The summed E-state index contributed by atoms with van der Waals surface area (Å²) in [7, 11) is 0. The maximum Gasteiger partial charge on any atom is 0.416 e. The summed E-state index contributed by atoms with van der Waals surface area (Å²) in [5.41, 5.74) is 0.717. The number of anilines is 2. The van der Waals surface area contributed by atoms with Crippen LogP contribution in [0.2, 0.25) is 0 Å². The molecule has 0 unspecified atom stereocenters. The number of rotatable bonds is 7. The van der Waals surface area contributed by atoms with Crippen molar-refractivity contribution in [3.05, 3.63) is 84.2 Å². The minimum absolute atomic E-state index is 0.180. The van der Waals surface area contributed by atoms with E-state index in [2.05, 4.69) is 15.6 Å². The van der Waals surface area contributed by atoms with Gasteiger partial charge >= 0.3 is 6.18 Å². The number of amides is 1. The van der Waals surface area contributed by atoms with Gasteiger partial charge in [0.1, 0.15) is 12.4 Å². The highest BCUT2D eigenvalue weighted by atomic mass is 19.4. The SMILES string of the molecule is O=C(CNc1cccc(C(F)(F)F)c1)Nc1cccc(OCc2ccccn2)c1. The Kier molecular flexibility index (Phi) is 6.33. The monoisotopic (exact) mass is 401 g/mol. The Bertz CT molecular complexity index is 963. The van der Waals surface area contributed by atoms with Crippen molar-refractivity contribution in [2.24, 2.45) is 0 Å². The highest BCUT2D eigenvalue weighted by molar-refractivity contribution is 5.93. The van der Waals surface area contributed by atoms with E-state index in [1.807, 2.05) is 18.2 Å². The van der Waals surface area contributed by atoms with Gasteiger partial charge in [-0.05, 0) is 42.5 Å². The van der Waals surface area contributed by atoms with Gasteiger partial charge in [0, 0.05) is 23.6 Å². The molecule has 0 fully saturated rings. The van der Waals surface area contributed by atoms with Crippen LogP contribution >= 0.6 is 0 Å². The molecule has 150 valence electrons. The normalized spacial score (nSPS) is 11.0. The largest absolute Gasteiger partial charge is 0.487 e. The van der Waals surface area contributed by atoms with Crippen molar-refractivity contribution in [3.8, 4) is 5.75 Å². The van der Waals surface area contributed by atoms with Crippen LogP contribution in [-0.4, -0.2) is 17.4 Å². The lowest BCUT2D eigenvalue weighted by Crippen LogP contribution is -2.22. The molecule has 29 heavy (non-hydrogen) atoms. The third-order valence-corrected chi connectivity index (χ3v) is 3.87. The summed E-state index contributed by atoms with van der Waals surface area (Å²) in [4.78, 5) is 16.3. The van der Waals surface area contributed by atoms with Gasteiger partial charge in [-0.3, -0.25) is 9.78 Å². The van der Waals surface area contributed by atoms with Gasteiger partial charge in [-0.1, -0.05) is 18.2 Å². The predicted octanol–water partition coefficient (Wildman–Crippen LogP) is 4.73. The molecule has 1 heterocycles. The molecule has 0 saturated carbocycles. The van der Waals surface area contributed by atoms with E-state index in [1.165, 1.54) is 12.1 Å². The number of pyridine rings is 1. The van der Waals surface area contributed by atoms with Crippen molar-refractivity contribution in [1.29, 1.82) is 0 Å². The number of halogens is 3. The third-order valence-electron chi connectivity index (χ3n) is 3.87. The Morgan fingerprint density at radius 3 is 2.52 bits per heavy atom. The first-order chi connectivity index (χ1) is 13.9. The minimum Gasteiger partial charge on any atom is -0.487 e. The molecule has 0 saturated heterocycles. The number of aromatic nitrogens is 1. The second-order valence-electron chi connectivity index (χ2n) is 6.12. The molecule has 5 nitrogen and oxygen atoms in total. The van der Waals surface area contributed by atoms with Crippen molar-refractivity contribution < 1.29 is 22.7 Å². The van der Waals surface area contributed by atoms with Crippen molar-refractivity contribution in [2.45, 2.75) is 12.8 Å². The number of alkyl halides is 3. The Morgan fingerprint density at radius 1 is 0.966 bits per heavy atom. The van der Waals surface area contributed by atoms with Crippen molar-refractivity contribution in [3.63, 3.8) is 0 Å². The molecule has 0 bridgehead atoms. The number of hydrogen-bond acceptors (Lipinski definition) is 4. The van der Waals surface area contributed by atoms with Gasteiger partial charge in [0.25, 0.3) is 0 Å². The van der Waals surface area contributed by atoms with Gasteiger partial charge < -0.3 is 15.4 Å². The molecule has 2 aromatic carbocycles. The quantitative estimate of drug-likeness (QED) is 0.601. The van der Waals surface area contributed by atoms with E-state index in [0.29, 0.717) is 11.4 Å². The average molecular weight is 401 g/mol. The van der Waals surface area contributed by atoms with E-state index in [9.17, 15) is 18.0 Å². The second kappa shape index (κ2) is 9.09. The van der Waals surface area contributed by atoms with Crippen LogP contribution in [0.3, 0.4) is 0 Å². The third kappa shape index (κ3) is 6.24. The molecule has 2 N–H and O–H groups in total. The lowest BCUT2D eigenvalue weighted by atomic mass is 10.2. The maximum atomic E-state index is 12.7. The molecule has 3 aromatic rings. The predicted molar refractivity (Wildman–Crippen MR) is 104 cm³/mol. The molecule has 0 aliphatic rings. The van der Waals surface area contributed by atoms with Gasteiger partial charge in [-0.2, -0.15) is 13.2 Å². The average Bonchev–Trinajstić information content (AvgIpc) is 2.71. The fourth-order valence-electron chi connectivity index (χ4n) is 2.50. The van der Waals surface area contributed by atoms with Gasteiger partial charge in [-0.25, -0.2) is 0 Å². The smallest absolute Gasteiger partial charge is 0.416 e. The van der Waals surface area contributed by atoms with Crippen LogP contribution in [0.1, 0.15) is 11.3 Å². The lowest BCUT2D eigenvalue weighted by molar-refractivity contribution is -0.137. The highest BCUT2D eigenvalue weighted by Gasteiger charge is 2.30. The Labute approximate surface area is 165 Å². The van der Waals surface area contributed by atoms with Gasteiger partial charge in [0.15, 0.2) is 0 Å². The molecule has 3 rings (SSSR count). The fraction of sp³-hybridized carbons (Fsp3) is 0.143. The van der Waals surface area contributed by atoms with Crippen LogP contribution < -0.4 is 15.4 Å². The van der Waals surface area contributed by atoms with E-state index < -0.39 is 17.6 Å². The summed E-state index contributed by atoms with van der Waals surface area (Å²) in [5.74, 6) is 0.156. The molecule has 0 radical (unpaired) electrons. The first kappa shape index (κ1) is 20.2. The fourth-order valence-corrected chi connectivity index (χ4v) is 2.50. The molecule has 0 atom stereocenters. The molecule has 1 aromatic heterocycles.